The number of nitrogens with two attached hydrogens (primary N) is 1. The Morgan fingerprint density at radius 3 is 2.53 bits per heavy atom. The van der Waals surface area contributed by atoms with E-state index in [-0.39, 0.29) is 24.3 Å². The molecule has 0 radical (unpaired) electrons. The van der Waals surface area contributed by atoms with Crippen LogP contribution in [0.4, 0.5) is 5.69 Å². The van der Waals surface area contributed by atoms with Crippen LogP contribution in [0.2, 0.25) is 0 Å². The van der Waals surface area contributed by atoms with Crippen LogP contribution in [0.1, 0.15) is 21.5 Å². The van der Waals surface area contributed by atoms with Gasteiger partial charge in [0, 0.05) is 50.5 Å². The fourth-order valence-electron chi connectivity index (χ4n) is 3.21. The molecule has 9 heteroatoms. The van der Waals surface area contributed by atoms with E-state index < -0.39 is 0 Å². The number of hydrogen-bond donors (Lipinski definition) is 2. The van der Waals surface area contributed by atoms with Gasteiger partial charge < -0.3 is 25.5 Å². The van der Waals surface area contributed by atoms with Gasteiger partial charge in [0.25, 0.3) is 11.8 Å². The number of amidine groups is 1. The Balaban J connectivity index is 1.49. The number of carbonyl (C=O) groups is 2. The number of amides is 2. The standard InChI is InChI=1S/C23H29N5O4/c1-27(2)23(30)18-6-8-20(9-7-18)25-21(29)16-32-26-22(24)19-5-3-4-17(14-19)15-28-10-12-31-13-11-28/h3-9,14H,10-13,15-16H2,1-2H3,(H2,24,26)(H,25,29). The highest BCUT2D eigenvalue weighted by molar-refractivity contribution is 5.97. The van der Waals surface area contributed by atoms with Gasteiger partial charge in [-0.05, 0) is 35.9 Å². The molecule has 3 N–H and O–H groups in total. The molecule has 170 valence electrons. The maximum Gasteiger partial charge on any atom is 0.265 e. The minimum absolute atomic E-state index is 0.106. The van der Waals surface area contributed by atoms with Crippen molar-refractivity contribution < 1.29 is 19.2 Å². The number of morpholine rings is 1. The molecule has 0 aromatic heterocycles. The van der Waals surface area contributed by atoms with Gasteiger partial charge >= 0.3 is 0 Å². The molecule has 1 aliphatic heterocycles. The lowest BCUT2D eigenvalue weighted by Crippen LogP contribution is -2.35. The van der Waals surface area contributed by atoms with Crippen molar-refractivity contribution in [3.8, 4) is 0 Å². The van der Waals surface area contributed by atoms with Crippen molar-refractivity contribution in [1.82, 2.24) is 9.80 Å². The van der Waals surface area contributed by atoms with Crippen LogP contribution < -0.4 is 11.1 Å². The molecule has 2 amide bonds. The second-order valence-corrected chi connectivity index (χ2v) is 7.66. The van der Waals surface area contributed by atoms with E-state index in [2.05, 4.69) is 15.4 Å². The van der Waals surface area contributed by atoms with E-state index in [9.17, 15) is 9.59 Å². The van der Waals surface area contributed by atoms with Gasteiger partial charge in [-0.25, -0.2) is 0 Å². The molecule has 0 saturated carbocycles. The van der Waals surface area contributed by atoms with Crippen molar-refractivity contribution >= 4 is 23.3 Å². The van der Waals surface area contributed by atoms with Crippen LogP contribution in [0.15, 0.2) is 53.7 Å². The molecule has 2 aromatic rings. The zero-order valence-electron chi connectivity index (χ0n) is 18.4. The first-order valence-electron chi connectivity index (χ1n) is 10.4. The lowest BCUT2D eigenvalue weighted by Gasteiger charge is -2.26. The molecule has 0 atom stereocenters. The van der Waals surface area contributed by atoms with Crippen molar-refractivity contribution in [3.05, 3.63) is 65.2 Å². The number of anilines is 1. The molecule has 0 bridgehead atoms. The highest BCUT2D eigenvalue weighted by Crippen LogP contribution is 2.12. The highest BCUT2D eigenvalue weighted by atomic mass is 16.6. The van der Waals surface area contributed by atoms with Crippen molar-refractivity contribution in [2.24, 2.45) is 10.9 Å². The molecule has 2 aromatic carbocycles. The van der Waals surface area contributed by atoms with Crippen LogP contribution in [0, 0.1) is 0 Å². The first-order chi connectivity index (χ1) is 15.4. The normalized spacial score (nSPS) is 14.6. The molecule has 1 fully saturated rings. The summed E-state index contributed by atoms with van der Waals surface area (Å²) in [6.45, 7) is 3.83. The van der Waals surface area contributed by atoms with Crippen LogP contribution in [0.5, 0.6) is 0 Å². The molecular formula is C23H29N5O4. The Labute approximate surface area is 187 Å². The number of nitrogens with one attached hydrogen (secondary N) is 1. The first kappa shape index (κ1) is 23.2. The second kappa shape index (κ2) is 11.3. The molecule has 1 heterocycles. The third-order valence-corrected chi connectivity index (χ3v) is 4.91. The topological polar surface area (TPSA) is 109 Å². The summed E-state index contributed by atoms with van der Waals surface area (Å²) < 4.78 is 5.38. The average molecular weight is 440 g/mol. The third kappa shape index (κ3) is 6.79. The lowest BCUT2D eigenvalue weighted by atomic mass is 10.1. The molecule has 9 nitrogen and oxygen atoms in total. The molecule has 1 saturated heterocycles. The van der Waals surface area contributed by atoms with E-state index >= 15 is 0 Å². The molecule has 1 aliphatic rings. The molecular weight excluding hydrogens is 410 g/mol. The summed E-state index contributed by atoms with van der Waals surface area (Å²) in [5, 5.41) is 6.56. The fraction of sp³-hybridized carbons (Fsp3) is 0.348. The monoisotopic (exact) mass is 439 g/mol. The van der Waals surface area contributed by atoms with Gasteiger partial charge in [-0.1, -0.05) is 23.4 Å². The first-order valence-corrected chi connectivity index (χ1v) is 10.4. The zero-order valence-corrected chi connectivity index (χ0v) is 18.4. The number of rotatable bonds is 8. The molecule has 0 aliphatic carbocycles. The van der Waals surface area contributed by atoms with Gasteiger partial charge in [-0.15, -0.1) is 0 Å². The van der Waals surface area contributed by atoms with E-state index in [1.54, 1.807) is 38.4 Å². The van der Waals surface area contributed by atoms with Gasteiger partial charge in [0.05, 0.1) is 13.2 Å². The molecule has 0 spiro atoms. The maximum absolute atomic E-state index is 12.1. The summed E-state index contributed by atoms with van der Waals surface area (Å²) in [4.78, 5) is 32.9. The van der Waals surface area contributed by atoms with E-state index in [0.29, 0.717) is 11.3 Å². The van der Waals surface area contributed by atoms with Crippen LogP contribution in [0.3, 0.4) is 0 Å². The summed E-state index contributed by atoms with van der Waals surface area (Å²) >= 11 is 0. The SMILES string of the molecule is CN(C)C(=O)c1ccc(NC(=O)CO/N=C(/N)c2cccc(CN3CCOCC3)c2)cc1. The number of nitrogens with zero attached hydrogens (tertiary/aromatic N) is 3. The average Bonchev–Trinajstić information content (AvgIpc) is 2.80. The minimum atomic E-state index is -0.380. The van der Waals surface area contributed by atoms with E-state index in [0.717, 1.165) is 44.0 Å². The molecule has 32 heavy (non-hydrogen) atoms. The van der Waals surface area contributed by atoms with Crippen LogP contribution >= 0.6 is 0 Å². The Morgan fingerprint density at radius 1 is 1.12 bits per heavy atom. The Kier molecular flexibility index (Phi) is 8.18. The van der Waals surface area contributed by atoms with Crippen molar-refractivity contribution in [1.29, 1.82) is 0 Å². The number of hydrogen-bond acceptors (Lipinski definition) is 6. The minimum Gasteiger partial charge on any atom is -0.384 e. The Morgan fingerprint density at radius 2 is 1.84 bits per heavy atom. The van der Waals surface area contributed by atoms with E-state index in [1.807, 2.05) is 24.3 Å². The van der Waals surface area contributed by atoms with Crippen LogP contribution in [0.25, 0.3) is 0 Å². The predicted octanol–water partition coefficient (Wildman–Crippen LogP) is 1.50. The largest absolute Gasteiger partial charge is 0.384 e. The highest BCUT2D eigenvalue weighted by Gasteiger charge is 2.12. The Bertz CT molecular complexity index is 953. The van der Waals surface area contributed by atoms with Crippen molar-refractivity contribution in [2.45, 2.75) is 6.54 Å². The smallest absolute Gasteiger partial charge is 0.265 e. The van der Waals surface area contributed by atoms with Crippen LogP contribution in [-0.2, 0) is 20.9 Å². The fourth-order valence-corrected chi connectivity index (χ4v) is 3.21. The molecule has 3 rings (SSSR count). The number of benzene rings is 2. The van der Waals surface area contributed by atoms with Gasteiger partial charge in [-0.2, -0.15) is 0 Å². The van der Waals surface area contributed by atoms with Crippen LogP contribution in [-0.4, -0.2) is 74.5 Å². The van der Waals surface area contributed by atoms with E-state index in [4.69, 9.17) is 15.3 Å². The Hall–Kier alpha value is -3.43. The van der Waals surface area contributed by atoms with Gasteiger partial charge in [0.2, 0.25) is 0 Å². The predicted molar refractivity (Wildman–Crippen MR) is 122 cm³/mol. The third-order valence-electron chi connectivity index (χ3n) is 4.91. The summed E-state index contributed by atoms with van der Waals surface area (Å²) in [5.74, 6) is -0.285. The van der Waals surface area contributed by atoms with Gasteiger partial charge in [0.1, 0.15) is 0 Å². The maximum atomic E-state index is 12.1. The van der Waals surface area contributed by atoms with E-state index in [1.165, 1.54) is 4.90 Å². The van der Waals surface area contributed by atoms with Crippen molar-refractivity contribution in [3.63, 3.8) is 0 Å². The number of carbonyl (C=O) groups excluding carboxylic acids is 2. The number of ether oxygens (including phenoxy) is 1. The zero-order chi connectivity index (χ0) is 22.9. The van der Waals surface area contributed by atoms with Gasteiger partial charge in [0.15, 0.2) is 12.4 Å². The summed E-state index contributed by atoms with van der Waals surface area (Å²) in [6.07, 6.45) is 0. The molecule has 0 unspecified atom stereocenters. The summed E-state index contributed by atoms with van der Waals surface area (Å²) in [5.41, 5.74) is 8.98. The second-order valence-electron chi connectivity index (χ2n) is 7.66. The summed E-state index contributed by atoms with van der Waals surface area (Å²) in [6, 6.07) is 14.4. The quantitative estimate of drug-likeness (QED) is 0.367. The summed E-state index contributed by atoms with van der Waals surface area (Å²) in [7, 11) is 3.37. The van der Waals surface area contributed by atoms with Crippen molar-refractivity contribution in [2.75, 3.05) is 52.3 Å². The lowest BCUT2D eigenvalue weighted by molar-refractivity contribution is -0.120. The number of oxime groups is 1. The van der Waals surface area contributed by atoms with Gasteiger partial charge in [-0.3, -0.25) is 14.5 Å².